The molecular formula is C14H16N4O4. The molecule has 0 aromatic carbocycles. The van der Waals surface area contributed by atoms with E-state index in [0.29, 0.717) is 19.5 Å². The first-order chi connectivity index (χ1) is 10.8. The van der Waals surface area contributed by atoms with Crippen molar-refractivity contribution < 1.29 is 19.2 Å². The smallest absolute Gasteiger partial charge is 0.412 e. The number of rotatable bonds is 1. The van der Waals surface area contributed by atoms with Gasteiger partial charge in [-0.25, -0.2) is 4.79 Å². The first-order valence-corrected chi connectivity index (χ1v) is 7.32. The zero-order valence-electron chi connectivity index (χ0n) is 12.0. The molecular weight excluding hydrogens is 288 g/mol. The molecule has 2 aliphatic rings. The van der Waals surface area contributed by atoms with E-state index in [2.05, 4.69) is 15.0 Å². The van der Waals surface area contributed by atoms with Gasteiger partial charge in [-0.15, -0.1) is 0 Å². The Kier molecular flexibility index (Phi) is 3.11. The van der Waals surface area contributed by atoms with Crippen molar-refractivity contribution in [3.63, 3.8) is 0 Å². The summed E-state index contributed by atoms with van der Waals surface area (Å²) in [5, 5.41) is 17.6. The topological polar surface area (TPSA) is 93.6 Å². The van der Waals surface area contributed by atoms with Crippen LogP contribution >= 0.6 is 0 Å². The van der Waals surface area contributed by atoms with Crippen LogP contribution in [-0.2, 0) is 30.7 Å². The number of nitrogens with zero attached hydrogens (tertiary/aromatic N) is 4. The molecule has 2 aliphatic heterocycles. The summed E-state index contributed by atoms with van der Waals surface area (Å²) in [5.41, 5.74) is 4.84. The number of carbonyl (C=O) groups is 1. The third-order valence-electron chi connectivity index (χ3n) is 4.23. The molecule has 0 saturated heterocycles. The van der Waals surface area contributed by atoms with Crippen LogP contribution in [0.1, 0.15) is 23.2 Å². The van der Waals surface area contributed by atoms with Gasteiger partial charge in [-0.2, -0.15) is 5.10 Å². The van der Waals surface area contributed by atoms with Gasteiger partial charge in [0, 0.05) is 30.6 Å². The molecule has 22 heavy (non-hydrogen) atoms. The first-order valence-electron chi connectivity index (χ1n) is 7.32. The molecule has 1 N–H and O–H groups in total. The monoisotopic (exact) mass is 304 g/mol. The Morgan fingerprint density at radius 3 is 3.18 bits per heavy atom. The number of aryl methyl sites for hydroxylation is 2. The molecule has 0 bridgehead atoms. The average Bonchev–Trinajstić information content (AvgIpc) is 3.07. The maximum absolute atomic E-state index is 11.8. The fraction of sp³-hybridized carbons (Fsp3) is 0.500. The number of hydrogen-bond donors (Lipinski definition) is 1. The summed E-state index contributed by atoms with van der Waals surface area (Å²) in [6.07, 6.45) is 3.74. The van der Waals surface area contributed by atoms with Gasteiger partial charge in [0.25, 0.3) is 0 Å². The highest BCUT2D eigenvalue weighted by Crippen LogP contribution is 2.34. The van der Waals surface area contributed by atoms with E-state index in [9.17, 15) is 4.79 Å². The highest BCUT2D eigenvalue weighted by atomic mass is 16.6. The Hall–Kier alpha value is -2.35. The van der Waals surface area contributed by atoms with E-state index in [1.165, 1.54) is 0 Å². The van der Waals surface area contributed by atoms with Crippen LogP contribution in [0, 0.1) is 0 Å². The lowest BCUT2D eigenvalue weighted by Gasteiger charge is -2.25. The van der Waals surface area contributed by atoms with Crippen LogP contribution in [-0.4, -0.2) is 44.4 Å². The third kappa shape index (κ3) is 1.98. The number of aliphatic hydroxyl groups is 1. The molecule has 0 fully saturated rings. The minimum absolute atomic E-state index is 0.413. The summed E-state index contributed by atoms with van der Waals surface area (Å²) in [7, 11) is 0. The summed E-state index contributed by atoms with van der Waals surface area (Å²) in [5.74, 6) is 0. The highest BCUT2D eigenvalue weighted by molar-refractivity contribution is 5.70. The SMILES string of the molecule is O=C(OCO)N1CCc2nn3c(c2C1)-c1nocc1CCC3. The number of aliphatic hydroxyl groups excluding tert-OH is 1. The van der Waals surface area contributed by atoms with E-state index < -0.39 is 12.9 Å². The lowest BCUT2D eigenvalue weighted by Crippen LogP contribution is -2.36. The Morgan fingerprint density at radius 2 is 2.32 bits per heavy atom. The van der Waals surface area contributed by atoms with Gasteiger partial charge in [0.15, 0.2) is 6.79 Å². The van der Waals surface area contributed by atoms with Crippen LogP contribution in [0.2, 0.25) is 0 Å². The fourth-order valence-electron chi connectivity index (χ4n) is 3.20. The molecule has 4 rings (SSSR count). The number of carbonyl (C=O) groups excluding carboxylic acids is 1. The van der Waals surface area contributed by atoms with Crippen LogP contribution < -0.4 is 0 Å². The molecule has 116 valence electrons. The molecule has 8 nitrogen and oxygen atoms in total. The second-order valence-corrected chi connectivity index (χ2v) is 5.50. The van der Waals surface area contributed by atoms with Gasteiger partial charge in [-0.3, -0.25) is 4.68 Å². The normalized spacial score (nSPS) is 16.5. The summed E-state index contributed by atoms with van der Waals surface area (Å²) in [6, 6.07) is 0. The minimum atomic E-state index is -0.609. The Balaban J connectivity index is 1.75. The summed E-state index contributed by atoms with van der Waals surface area (Å²) in [4.78, 5) is 13.4. The van der Waals surface area contributed by atoms with Crippen LogP contribution in [0.4, 0.5) is 4.79 Å². The summed E-state index contributed by atoms with van der Waals surface area (Å²) >= 11 is 0. The first kappa shape index (κ1) is 13.3. The zero-order valence-corrected chi connectivity index (χ0v) is 12.0. The molecule has 1 amide bonds. The average molecular weight is 304 g/mol. The Bertz CT molecular complexity index is 720. The number of aromatic nitrogens is 3. The number of ether oxygens (including phenoxy) is 1. The number of amides is 1. The molecule has 0 aliphatic carbocycles. The second-order valence-electron chi connectivity index (χ2n) is 5.50. The van der Waals surface area contributed by atoms with Crippen molar-refractivity contribution in [3.8, 4) is 11.4 Å². The molecule has 2 aromatic rings. The van der Waals surface area contributed by atoms with Crippen molar-refractivity contribution in [1.29, 1.82) is 0 Å². The van der Waals surface area contributed by atoms with E-state index in [-0.39, 0.29) is 0 Å². The van der Waals surface area contributed by atoms with E-state index in [1.54, 1.807) is 11.2 Å². The van der Waals surface area contributed by atoms with E-state index in [1.807, 2.05) is 4.68 Å². The van der Waals surface area contributed by atoms with Crippen LogP contribution in [0.15, 0.2) is 10.8 Å². The summed E-state index contributed by atoms with van der Waals surface area (Å²) in [6.45, 7) is 1.17. The Morgan fingerprint density at radius 1 is 1.41 bits per heavy atom. The van der Waals surface area contributed by atoms with Gasteiger partial charge in [0.1, 0.15) is 12.0 Å². The number of hydrogen-bond acceptors (Lipinski definition) is 6. The second kappa shape index (κ2) is 5.13. The van der Waals surface area contributed by atoms with Gasteiger partial charge < -0.3 is 19.3 Å². The van der Waals surface area contributed by atoms with E-state index in [4.69, 9.17) is 9.63 Å². The van der Waals surface area contributed by atoms with Crippen LogP contribution in [0.5, 0.6) is 0 Å². The van der Waals surface area contributed by atoms with Gasteiger partial charge in [-0.05, 0) is 12.8 Å². The van der Waals surface area contributed by atoms with Gasteiger partial charge >= 0.3 is 6.09 Å². The van der Waals surface area contributed by atoms with Gasteiger partial charge in [0.2, 0.25) is 0 Å². The largest absolute Gasteiger partial charge is 0.422 e. The predicted octanol–water partition coefficient (Wildman–Crippen LogP) is 0.929. The van der Waals surface area contributed by atoms with Crippen molar-refractivity contribution >= 4 is 6.09 Å². The molecule has 0 spiro atoms. The molecule has 0 unspecified atom stereocenters. The highest BCUT2D eigenvalue weighted by Gasteiger charge is 2.31. The van der Waals surface area contributed by atoms with E-state index >= 15 is 0 Å². The third-order valence-corrected chi connectivity index (χ3v) is 4.23. The maximum atomic E-state index is 11.8. The van der Waals surface area contributed by atoms with Crippen molar-refractivity contribution in [2.75, 3.05) is 13.3 Å². The van der Waals surface area contributed by atoms with Crippen LogP contribution in [0.3, 0.4) is 0 Å². The van der Waals surface area contributed by atoms with Gasteiger partial charge in [-0.1, -0.05) is 5.16 Å². The molecule has 4 heterocycles. The fourth-order valence-corrected chi connectivity index (χ4v) is 3.20. The molecule has 2 aromatic heterocycles. The van der Waals surface area contributed by atoms with Gasteiger partial charge in [0.05, 0.1) is 17.9 Å². The number of fused-ring (bicyclic) bond motifs is 5. The van der Waals surface area contributed by atoms with E-state index in [0.717, 1.165) is 47.6 Å². The minimum Gasteiger partial charge on any atom is -0.422 e. The molecule has 0 saturated carbocycles. The van der Waals surface area contributed by atoms with Crippen molar-refractivity contribution in [3.05, 3.63) is 23.1 Å². The molecule has 0 atom stereocenters. The van der Waals surface area contributed by atoms with Crippen molar-refractivity contribution in [2.45, 2.75) is 32.4 Å². The quantitative estimate of drug-likeness (QED) is 0.788. The predicted molar refractivity (Wildman–Crippen MR) is 73.7 cm³/mol. The Labute approximate surface area is 126 Å². The van der Waals surface area contributed by atoms with Crippen LogP contribution in [0.25, 0.3) is 11.4 Å². The zero-order chi connectivity index (χ0) is 15.1. The summed E-state index contributed by atoms with van der Waals surface area (Å²) < 4.78 is 11.8. The maximum Gasteiger partial charge on any atom is 0.412 e. The lowest BCUT2D eigenvalue weighted by molar-refractivity contribution is 0.0200. The molecule has 0 radical (unpaired) electrons. The standard InChI is InChI=1S/C14H16N4O4/c19-8-21-14(20)17-5-3-11-10(6-17)13-12-9(7-22-16-12)2-1-4-18(13)15-11/h7,19H,1-6,8H2. The lowest BCUT2D eigenvalue weighted by atomic mass is 10.0. The van der Waals surface area contributed by atoms with Crippen molar-refractivity contribution in [1.82, 2.24) is 19.8 Å². The molecule has 8 heteroatoms. The van der Waals surface area contributed by atoms with Crippen molar-refractivity contribution in [2.24, 2.45) is 0 Å².